The van der Waals surface area contributed by atoms with Crippen LogP contribution in [0.1, 0.15) is 37.0 Å². The van der Waals surface area contributed by atoms with Gasteiger partial charge in [-0.2, -0.15) is 0 Å². The summed E-state index contributed by atoms with van der Waals surface area (Å²) in [6.45, 7) is 12.2. The third-order valence-electron chi connectivity index (χ3n) is 4.97. The van der Waals surface area contributed by atoms with Crippen LogP contribution in [0.4, 0.5) is 0 Å². The normalized spacial score (nSPS) is 11.1. The second-order valence-electron chi connectivity index (χ2n) is 6.88. The van der Waals surface area contributed by atoms with Crippen molar-refractivity contribution >= 4 is 15.9 Å². The maximum Gasteiger partial charge on any atom is 0.175 e. The fourth-order valence-electron chi connectivity index (χ4n) is 3.14. The molecular weight excluding hydrogens is 416 g/mol. The molecule has 0 fully saturated rings. The molecule has 0 bridgehead atoms. The third kappa shape index (κ3) is 6.80. The molecule has 0 amide bonds. The Labute approximate surface area is 178 Å². The van der Waals surface area contributed by atoms with Gasteiger partial charge in [-0.25, -0.2) is 0 Å². The van der Waals surface area contributed by atoms with Gasteiger partial charge >= 0.3 is 0 Å². The molecule has 2 aromatic carbocycles. The van der Waals surface area contributed by atoms with Crippen LogP contribution in [0, 0.1) is 6.92 Å². The van der Waals surface area contributed by atoms with Crippen molar-refractivity contribution in [3.63, 3.8) is 0 Å². The lowest BCUT2D eigenvalue weighted by Crippen LogP contribution is -2.27. The summed E-state index contributed by atoms with van der Waals surface area (Å²) < 4.78 is 12.6. The SMILES string of the molecule is CCN(CC)CCCNCc1cc(Br)c(OCc2ccccc2C)c(OC)c1. The highest BCUT2D eigenvalue weighted by Gasteiger charge is 2.12. The molecule has 0 radical (unpaired) electrons. The van der Waals surface area contributed by atoms with E-state index in [1.807, 2.05) is 12.1 Å². The Morgan fingerprint density at radius 2 is 1.86 bits per heavy atom. The lowest BCUT2D eigenvalue weighted by molar-refractivity contribution is 0.281. The number of nitrogens with zero attached hydrogens (tertiary/aromatic N) is 1. The van der Waals surface area contributed by atoms with Crippen molar-refractivity contribution < 1.29 is 9.47 Å². The first-order valence-corrected chi connectivity index (χ1v) is 10.8. The first-order chi connectivity index (χ1) is 13.6. The fraction of sp³-hybridized carbons (Fsp3) is 0.478. The number of hydrogen-bond acceptors (Lipinski definition) is 4. The van der Waals surface area contributed by atoms with E-state index >= 15 is 0 Å². The lowest BCUT2D eigenvalue weighted by atomic mass is 10.1. The van der Waals surface area contributed by atoms with Gasteiger partial charge in [0.25, 0.3) is 0 Å². The van der Waals surface area contributed by atoms with Crippen LogP contribution in [0.2, 0.25) is 0 Å². The van der Waals surface area contributed by atoms with Gasteiger partial charge in [0.05, 0.1) is 11.6 Å². The summed E-state index contributed by atoms with van der Waals surface area (Å²) in [5.74, 6) is 1.50. The number of benzene rings is 2. The molecule has 0 aliphatic heterocycles. The predicted molar refractivity (Wildman–Crippen MR) is 120 cm³/mol. The summed E-state index contributed by atoms with van der Waals surface area (Å²) in [6, 6.07) is 12.4. The van der Waals surface area contributed by atoms with E-state index in [4.69, 9.17) is 9.47 Å². The summed E-state index contributed by atoms with van der Waals surface area (Å²) in [5, 5.41) is 3.52. The van der Waals surface area contributed by atoms with E-state index in [0.29, 0.717) is 6.61 Å². The number of halogens is 1. The number of aryl methyl sites for hydroxylation is 1. The standard InChI is InChI=1S/C23H33BrN2O2/c1-5-26(6-2)13-9-12-25-16-19-14-21(24)23(22(15-19)27-4)28-17-20-11-8-7-10-18(20)3/h7-8,10-11,14-15,25H,5-6,9,12-13,16-17H2,1-4H3. The minimum atomic E-state index is 0.518. The maximum atomic E-state index is 6.08. The molecular formula is C23H33BrN2O2. The van der Waals surface area contributed by atoms with Gasteiger partial charge in [-0.3, -0.25) is 0 Å². The minimum Gasteiger partial charge on any atom is -0.493 e. The molecule has 0 aromatic heterocycles. The second-order valence-corrected chi connectivity index (χ2v) is 7.74. The Hall–Kier alpha value is -1.56. The molecule has 5 heteroatoms. The van der Waals surface area contributed by atoms with Crippen LogP contribution in [-0.4, -0.2) is 38.2 Å². The first-order valence-electron chi connectivity index (χ1n) is 10.1. The summed E-state index contributed by atoms with van der Waals surface area (Å²) in [4.78, 5) is 2.45. The topological polar surface area (TPSA) is 33.7 Å². The molecule has 0 spiro atoms. The van der Waals surface area contributed by atoms with E-state index in [9.17, 15) is 0 Å². The highest BCUT2D eigenvalue weighted by Crippen LogP contribution is 2.37. The number of ether oxygens (including phenoxy) is 2. The molecule has 0 unspecified atom stereocenters. The Kier molecular flexibility index (Phi) is 9.82. The zero-order chi connectivity index (χ0) is 20.4. The Bertz CT molecular complexity index is 733. The number of rotatable bonds is 12. The van der Waals surface area contributed by atoms with Crippen LogP contribution in [0.3, 0.4) is 0 Å². The molecule has 0 aliphatic rings. The number of nitrogens with one attached hydrogen (secondary N) is 1. The third-order valence-corrected chi connectivity index (χ3v) is 5.56. The summed E-state index contributed by atoms with van der Waals surface area (Å²) in [6.07, 6.45) is 1.15. The minimum absolute atomic E-state index is 0.518. The van der Waals surface area contributed by atoms with Gasteiger partial charge in [0.1, 0.15) is 6.61 Å². The molecule has 0 aliphatic carbocycles. The van der Waals surface area contributed by atoms with Crippen LogP contribution >= 0.6 is 15.9 Å². The fourth-order valence-corrected chi connectivity index (χ4v) is 3.74. The van der Waals surface area contributed by atoms with Crippen molar-refractivity contribution in [1.29, 1.82) is 0 Å². The van der Waals surface area contributed by atoms with Gasteiger partial charge < -0.3 is 19.7 Å². The highest BCUT2D eigenvalue weighted by molar-refractivity contribution is 9.10. The van der Waals surface area contributed by atoms with Crippen LogP contribution in [0.5, 0.6) is 11.5 Å². The molecule has 2 aromatic rings. The van der Waals surface area contributed by atoms with Crippen LogP contribution in [0.25, 0.3) is 0 Å². The van der Waals surface area contributed by atoms with Gasteiger partial charge in [-0.05, 0) is 84.3 Å². The smallest absolute Gasteiger partial charge is 0.175 e. The molecule has 28 heavy (non-hydrogen) atoms. The Morgan fingerprint density at radius 3 is 2.54 bits per heavy atom. The Balaban J connectivity index is 1.92. The van der Waals surface area contributed by atoms with E-state index in [1.54, 1.807) is 7.11 Å². The lowest BCUT2D eigenvalue weighted by Gasteiger charge is -2.18. The van der Waals surface area contributed by atoms with Gasteiger partial charge in [0, 0.05) is 6.54 Å². The van der Waals surface area contributed by atoms with E-state index in [-0.39, 0.29) is 0 Å². The van der Waals surface area contributed by atoms with E-state index in [2.05, 4.69) is 71.2 Å². The molecule has 2 rings (SSSR count). The van der Waals surface area contributed by atoms with E-state index in [1.165, 1.54) is 16.7 Å². The molecule has 0 saturated heterocycles. The van der Waals surface area contributed by atoms with Crippen LogP contribution in [0.15, 0.2) is 40.9 Å². The average molecular weight is 449 g/mol. The molecule has 0 atom stereocenters. The van der Waals surface area contributed by atoms with Crippen LogP contribution in [-0.2, 0) is 13.2 Å². The van der Waals surface area contributed by atoms with Gasteiger partial charge in [0.15, 0.2) is 11.5 Å². The van der Waals surface area contributed by atoms with Crippen LogP contribution < -0.4 is 14.8 Å². The zero-order valence-corrected chi connectivity index (χ0v) is 19.1. The van der Waals surface area contributed by atoms with Gasteiger partial charge in [-0.1, -0.05) is 38.1 Å². The summed E-state index contributed by atoms with van der Waals surface area (Å²) in [7, 11) is 1.68. The zero-order valence-electron chi connectivity index (χ0n) is 17.6. The monoisotopic (exact) mass is 448 g/mol. The van der Waals surface area contributed by atoms with Crippen molar-refractivity contribution in [2.75, 3.05) is 33.3 Å². The first kappa shape index (κ1) is 22.7. The molecule has 4 nitrogen and oxygen atoms in total. The quantitative estimate of drug-likeness (QED) is 0.454. The van der Waals surface area contributed by atoms with Gasteiger partial charge in [0.2, 0.25) is 0 Å². The van der Waals surface area contributed by atoms with Crippen molar-refractivity contribution in [1.82, 2.24) is 10.2 Å². The highest BCUT2D eigenvalue weighted by atomic mass is 79.9. The average Bonchev–Trinajstić information content (AvgIpc) is 2.70. The summed E-state index contributed by atoms with van der Waals surface area (Å²) >= 11 is 3.65. The summed E-state index contributed by atoms with van der Waals surface area (Å²) in [5.41, 5.74) is 3.58. The largest absolute Gasteiger partial charge is 0.493 e. The maximum absolute atomic E-state index is 6.08. The predicted octanol–water partition coefficient (Wildman–Crippen LogP) is 5.17. The van der Waals surface area contributed by atoms with Crippen molar-refractivity contribution in [3.05, 3.63) is 57.6 Å². The van der Waals surface area contributed by atoms with Crippen molar-refractivity contribution in [2.24, 2.45) is 0 Å². The van der Waals surface area contributed by atoms with E-state index < -0.39 is 0 Å². The van der Waals surface area contributed by atoms with Gasteiger partial charge in [-0.15, -0.1) is 0 Å². The Morgan fingerprint density at radius 1 is 1.11 bits per heavy atom. The molecule has 1 N–H and O–H groups in total. The second kappa shape index (κ2) is 12.1. The molecule has 0 heterocycles. The number of hydrogen-bond donors (Lipinski definition) is 1. The molecule has 154 valence electrons. The number of methoxy groups -OCH3 is 1. The van der Waals surface area contributed by atoms with E-state index in [0.717, 1.165) is 55.1 Å². The molecule has 0 saturated carbocycles. The van der Waals surface area contributed by atoms with Crippen molar-refractivity contribution in [3.8, 4) is 11.5 Å². The van der Waals surface area contributed by atoms with Crippen molar-refractivity contribution in [2.45, 2.75) is 40.3 Å².